The van der Waals surface area contributed by atoms with Crippen molar-refractivity contribution in [2.24, 2.45) is 4.99 Å². The van der Waals surface area contributed by atoms with Gasteiger partial charge >= 0.3 is 0 Å². The topological polar surface area (TPSA) is 74.7 Å². The predicted octanol–water partition coefficient (Wildman–Crippen LogP) is 3.94. The highest BCUT2D eigenvalue weighted by Gasteiger charge is 2.32. The van der Waals surface area contributed by atoms with Gasteiger partial charge < -0.3 is 5.32 Å². The third-order valence-electron chi connectivity index (χ3n) is 4.20. The van der Waals surface area contributed by atoms with Crippen LogP contribution >= 0.6 is 23.1 Å². The van der Waals surface area contributed by atoms with Crippen molar-refractivity contribution in [1.29, 1.82) is 0 Å². The number of benzene rings is 1. The molecule has 0 saturated carbocycles. The molecule has 150 valence electrons. The molecule has 1 aromatic carbocycles. The van der Waals surface area contributed by atoms with Gasteiger partial charge in [-0.2, -0.15) is 0 Å². The van der Waals surface area contributed by atoms with Crippen LogP contribution < -0.4 is 10.2 Å². The Morgan fingerprint density at radius 3 is 2.73 bits per heavy atom. The van der Waals surface area contributed by atoms with Gasteiger partial charge in [0.25, 0.3) is 5.91 Å². The molecule has 4 rings (SSSR count). The van der Waals surface area contributed by atoms with E-state index < -0.39 is 0 Å². The zero-order valence-corrected chi connectivity index (χ0v) is 17.5. The van der Waals surface area contributed by atoms with Crippen molar-refractivity contribution in [3.05, 3.63) is 88.5 Å². The van der Waals surface area contributed by atoms with Crippen molar-refractivity contribution in [2.45, 2.75) is 6.54 Å². The highest BCUT2D eigenvalue weighted by molar-refractivity contribution is 8.14. The van der Waals surface area contributed by atoms with Gasteiger partial charge in [0, 0.05) is 17.3 Å². The average Bonchev–Trinajstić information content (AvgIpc) is 3.40. The van der Waals surface area contributed by atoms with Gasteiger partial charge in [-0.25, -0.2) is 4.99 Å². The van der Waals surface area contributed by atoms with Crippen LogP contribution in [0.15, 0.2) is 83.1 Å². The van der Waals surface area contributed by atoms with Gasteiger partial charge in [0.05, 0.1) is 18.0 Å². The Labute approximate surface area is 182 Å². The van der Waals surface area contributed by atoms with Crippen LogP contribution in [-0.4, -0.2) is 27.7 Å². The summed E-state index contributed by atoms with van der Waals surface area (Å²) in [4.78, 5) is 36.6. The lowest BCUT2D eigenvalue weighted by Crippen LogP contribution is -2.32. The molecule has 0 unspecified atom stereocenters. The number of aromatic nitrogens is 1. The maximum absolute atomic E-state index is 13.1. The molecule has 0 bridgehead atoms. The number of amides is 2. The van der Waals surface area contributed by atoms with Gasteiger partial charge in [-0.3, -0.25) is 19.5 Å². The smallest absolute Gasteiger partial charge is 0.283 e. The Morgan fingerprint density at radius 1 is 1.13 bits per heavy atom. The molecular weight excluding hydrogens is 416 g/mol. The molecule has 0 radical (unpaired) electrons. The van der Waals surface area contributed by atoms with Gasteiger partial charge in [0.1, 0.15) is 5.70 Å². The first kappa shape index (κ1) is 20.1. The maximum atomic E-state index is 13.1. The van der Waals surface area contributed by atoms with E-state index >= 15 is 0 Å². The van der Waals surface area contributed by atoms with Crippen molar-refractivity contribution in [1.82, 2.24) is 10.3 Å². The normalized spacial score (nSPS) is 14.8. The summed E-state index contributed by atoms with van der Waals surface area (Å²) < 4.78 is 0. The summed E-state index contributed by atoms with van der Waals surface area (Å²) in [6.07, 6.45) is 5.05. The number of aliphatic imine (C=N–C) groups is 1. The van der Waals surface area contributed by atoms with Gasteiger partial charge in [0.2, 0.25) is 5.91 Å². The number of anilines is 1. The number of pyridine rings is 1. The number of nitrogens with zero attached hydrogens (tertiary/aromatic N) is 3. The second kappa shape index (κ2) is 9.51. The number of rotatable bonds is 6. The summed E-state index contributed by atoms with van der Waals surface area (Å²) in [5.41, 5.74) is 1.81. The van der Waals surface area contributed by atoms with E-state index in [0.29, 0.717) is 23.1 Å². The molecule has 3 aromatic rings. The SMILES string of the molecule is O=C(CSC1=N/C(=C/c2cccnc2)C(=O)N1c1ccccc1)NCc1cccs1. The van der Waals surface area contributed by atoms with Gasteiger partial charge in [0.15, 0.2) is 5.17 Å². The monoisotopic (exact) mass is 434 g/mol. The Kier molecular flexibility index (Phi) is 6.36. The second-order valence-electron chi connectivity index (χ2n) is 6.33. The number of thioether (sulfide) groups is 1. The number of amidine groups is 1. The van der Waals surface area contributed by atoms with Gasteiger partial charge in [-0.05, 0) is 41.3 Å². The number of para-hydroxylation sites is 1. The minimum atomic E-state index is -0.230. The van der Waals surface area contributed by atoms with Crippen LogP contribution in [0.4, 0.5) is 5.69 Å². The lowest BCUT2D eigenvalue weighted by atomic mass is 10.2. The number of carbonyl (C=O) groups is 2. The first-order valence-electron chi connectivity index (χ1n) is 9.22. The number of thiophene rings is 1. The van der Waals surface area contributed by atoms with Crippen molar-refractivity contribution < 1.29 is 9.59 Å². The average molecular weight is 435 g/mol. The van der Waals surface area contributed by atoms with Crippen LogP contribution in [0.2, 0.25) is 0 Å². The molecule has 6 nitrogen and oxygen atoms in total. The van der Waals surface area contributed by atoms with E-state index in [4.69, 9.17) is 0 Å². The van der Waals surface area contributed by atoms with E-state index in [1.54, 1.807) is 40.8 Å². The van der Waals surface area contributed by atoms with E-state index in [1.165, 1.54) is 11.8 Å². The third-order valence-corrected chi connectivity index (χ3v) is 6.02. The Hall–Kier alpha value is -3.23. The first-order valence-corrected chi connectivity index (χ1v) is 11.1. The quantitative estimate of drug-likeness (QED) is 0.597. The van der Waals surface area contributed by atoms with E-state index in [2.05, 4.69) is 15.3 Å². The fourth-order valence-corrected chi connectivity index (χ4v) is 4.28. The molecule has 2 aromatic heterocycles. The highest BCUT2D eigenvalue weighted by Crippen LogP contribution is 2.29. The number of carbonyl (C=O) groups excluding carboxylic acids is 2. The summed E-state index contributed by atoms with van der Waals surface area (Å²) >= 11 is 2.84. The van der Waals surface area contributed by atoms with Gasteiger partial charge in [-0.15, -0.1) is 11.3 Å². The minimum Gasteiger partial charge on any atom is -0.350 e. The van der Waals surface area contributed by atoms with Crippen LogP contribution in [0, 0.1) is 0 Å². The van der Waals surface area contributed by atoms with Crippen molar-refractivity contribution in [3.8, 4) is 0 Å². The number of hydrogen-bond acceptors (Lipinski definition) is 6. The van der Waals surface area contributed by atoms with Crippen molar-refractivity contribution in [2.75, 3.05) is 10.7 Å². The molecule has 0 fully saturated rings. The summed E-state index contributed by atoms with van der Waals surface area (Å²) in [6, 6.07) is 16.9. The van der Waals surface area contributed by atoms with Crippen molar-refractivity contribution in [3.63, 3.8) is 0 Å². The molecule has 3 heterocycles. The summed E-state index contributed by atoms with van der Waals surface area (Å²) in [7, 11) is 0. The largest absolute Gasteiger partial charge is 0.350 e. The molecule has 0 atom stereocenters. The zero-order chi connectivity index (χ0) is 20.8. The number of nitrogens with one attached hydrogen (secondary N) is 1. The molecule has 1 N–H and O–H groups in total. The predicted molar refractivity (Wildman–Crippen MR) is 122 cm³/mol. The molecule has 0 saturated heterocycles. The van der Waals surface area contributed by atoms with E-state index in [1.807, 2.05) is 53.9 Å². The van der Waals surface area contributed by atoms with Crippen molar-refractivity contribution >= 4 is 51.8 Å². The number of hydrogen-bond donors (Lipinski definition) is 1. The molecule has 30 heavy (non-hydrogen) atoms. The molecule has 1 aliphatic heterocycles. The van der Waals surface area contributed by atoms with Crippen LogP contribution in [-0.2, 0) is 16.1 Å². The van der Waals surface area contributed by atoms with Gasteiger partial charge in [-0.1, -0.05) is 42.1 Å². The van der Waals surface area contributed by atoms with Crippen LogP contribution in [0.3, 0.4) is 0 Å². The standard InChI is InChI=1S/C22H18N4O2S2/c27-20(24-14-18-9-5-11-29-18)15-30-22-25-19(12-16-6-4-10-23-13-16)21(28)26(22)17-7-2-1-3-8-17/h1-13H,14-15H2,(H,24,27)/b19-12+. The summed E-state index contributed by atoms with van der Waals surface area (Å²) in [5, 5.41) is 5.35. The van der Waals surface area contributed by atoms with E-state index in [9.17, 15) is 9.59 Å². The molecular formula is C22H18N4O2S2. The fourth-order valence-electron chi connectivity index (χ4n) is 2.80. The molecule has 0 spiro atoms. The molecule has 8 heteroatoms. The van der Waals surface area contributed by atoms with E-state index in [-0.39, 0.29) is 17.6 Å². The molecule has 0 aliphatic carbocycles. The zero-order valence-electron chi connectivity index (χ0n) is 15.9. The van der Waals surface area contributed by atoms with Crippen LogP contribution in [0.1, 0.15) is 10.4 Å². The lowest BCUT2D eigenvalue weighted by Gasteiger charge is -2.17. The third kappa shape index (κ3) is 4.84. The minimum absolute atomic E-state index is 0.110. The Balaban J connectivity index is 1.51. The molecule has 2 amide bonds. The Morgan fingerprint density at radius 2 is 2.00 bits per heavy atom. The lowest BCUT2D eigenvalue weighted by molar-refractivity contribution is -0.118. The maximum Gasteiger partial charge on any atom is 0.283 e. The first-order chi connectivity index (χ1) is 14.7. The molecule has 1 aliphatic rings. The fraction of sp³-hybridized carbons (Fsp3) is 0.0909. The summed E-state index contributed by atoms with van der Waals surface area (Å²) in [5.74, 6) is -0.172. The highest BCUT2D eigenvalue weighted by atomic mass is 32.2. The Bertz CT molecular complexity index is 1080. The summed E-state index contributed by atoms with van der Waals surface area (Å²) in [6.45, 7) is 0.497. The van der Waals surface area contributed by atoms with E-state index in [0.717, 1.165) is 10.4 Å². The van der Waals surface area contributed by atoms with Crippen LogP contribution in [0.25, 0.3) is 6.08 Å². The second-order valence-corrected chi connectivity index (χ2v) is 8.31. The van der Waals surface area contributed by atoms with Crippen LogP contribution in [0.5, 0.6) is 0 Å².